The van der Waals surface area contributed by atoms with Crippen LogP contribution >= 0.6 is 0 Å². The van der Waals surface area contributed by atoms with Gasteiger partial charge in [-0.25, -0.2) is 15.8 Å². The summed E-state index contributed by atoms with van der Waals surface area (Å²) in [5, 5.41) is 12.6. The molecular formula is C14H27N5O. The number of nitrogens with one attached hydrogen (secondary N) is 2. The molecule has 5 N–H and O–H groups in total. The molecular weight excluding hydrogens is 254 g/mol. The van der Waals surface area contributed by atoms with Gasteiger partial charge in [0.15, 0.2) is 0 Å². The van der Waals surface area contributed by atoms with Crippen LogP contribution < -0.4 is 16.6 Å². The number of rotatable bonds is 5. The Labute approximate surface area is 121 Å². The van der Waals surface area contributed by atoms with Gasteiger partial charge in [-0.05, 0) is 19.8 Å². The maximum absolute atomic E-state index is 9.23. The van der Waals surface area contributed by atoms with Crippen LogP contribution in [0.2, 0.25) is 0 Å². The number of hydrogen-bond donors (Lipinski definition) is 4. The number of hydrogen-bond acceptors (Lipinski definition) is 6. The Kier molecular flexibility index (Phi) is 5.30. The van der Waals surface area contributed by atoms with Crippen LogP contribution in [0.3, 0.4) is 0 Å². The van der Waals surface area contributed by atoms with Crippen LogP contribution in [0.4, 0.5) is 11.6 Å². The summed E-state index contributed by atoms with van der Waals surface area (Å²) in [6.45, 7) is 12.2. The number of hydrazine groups is 1. The average Bonchev–Trinajstić information content (AvgIpc) is 2.38. The number of aromatic nitrogens is 2. The Bertz CT molecular complexity index is 456. The molecule has 114 valence electrons. The second-order valence-corrected chi connectivity index (χ2v) is 6.36. The highest BCUT2D eigenvalue weighted by atomic mass is 16.3. The third-order valence-corrected chi connectivity index (χ3v) is 3.46. The molecule has 0 aromatic carbocycles. The molecule has 0 saturated heterocycles. The minimum atomic E-state index is -0.165. The lowest BCUT2D eigenvalue weighted by molar-refractivity contribution is 0.226. The van der Waals surface area contributed by atoms with Gasteiger partial charge in [-0.3, -0.25) is 0 Å². The summed E-state index contributed by atoms with van der Waals surface area (Å²) < 4.78 is 0. The largest absolute Gasteiger partial charge is 0.396 e. The lowest BCUT2D eigenvalue weighted by Crippen LogP contribution is -2.29. The van der Waals surface area contributed by atoms with Gasteiger partial charge < -0.3 is 15.8 Å². The second kappa shape index (κ2) is 6.37. The van der Waals surface area contributed by atoms with Crippen LogP contribution in [0.15, 0.2) is 0 Å². The van der Waals surface area contributed by atoms with Crippen molar-refractivity contribution in [2.24, 2.45) is 11.8 Å². The average molecular weight is 281 g/mol. The van der Waals surface area contributed by atoms with Gasteiger partial charge in [0.05, 0.1) is 0 Å². The second-order valence-electron chi connectivity index (χ2n) is 6.36. The first-order valence-electron chi connectivity index (χ1n) is 6.93. The van der Waals surface area contributed by atoms with Gasteiger partial charge in [0.25, 0.3) is 0 Å². The molecule has 1 heterocycles. The highest BCUT2D eigenvalue weighted by molar-refractivity contribution is 5.57. The Balaban J connectivity index is 3.17. The molecule has 0 fully saturated rings. The first-order chi connectivity index (χ1) is 9.20. The summed E-state index contributed by atoms with van der Waals surface area (Å²) in [6, 6.07) is 0.104. The van der Waals surface area contributed by atoms with Crippen molar-refractivity contribution in [3.8, 4) is 0 Å². The van der Waals surface area contributed by atoms with E-state index in [1.165, 1.54) is 0 Å². The summed E-state index contributed by atoms with van der Waals surface area (Å²) in [5.41, 5.74) is 3.33. The van der Waals surface area contributed by atoms with Crippen molar-refractivity contribution in [3.05, 3.63) is 11.4 Å². The minimum Gasteiger partial charge on any atom is -0.396 e. The van der Waals surface area contributed by atoms with E-state index in [0.29, 0.717) is 5.82 Å². The monoisotopic (exact) mass is 281 g/mol. The molecule has 0 saturated carbocycles. The van der Waals surface area contributed by atoms with E-state index >= 15 is 0 Å². The number of aliphatic hydroxyl groups excluding tert-OH is 1. The van der Waals surface area contributed by atoms with Gasteiger partial charge >= 0.3 is 0 Å². The quantitative estimate of drug-likeness (QED) is 0.485. The van der Waals surface area contributed by atoms with Gasteiger partial charge in [-0.2, -0.15) is 0 Å². The van der Waals surface area contributed by atoms with Crippen molar-refractivity contribution in [1.29, 1.82) is 0 Å². The highest BCUT2D eigenvalue weighted by Crippen LogP contribution is 2.26. The zero-order chi connectivity index (χ0) is 15.5. The van der Waals surface area contributed by atoms with Crippen LogP contribution in [0.5, 0.6) is 0 Å². The van der Waals surface area contributed by atoms with Crippen LogP contribution in [0.1, 0.15) is 46.0 Å². The summed E-state index contributed by atoms with van der Waals surface area (Å²) >= 11 is 0. The normalized spacial score (nSPS) is 14.8. The number of aliphatic hydroxyl groups is 1. The fourth-order valence-electron chi connectivity index (χ4n) is 1.65. The van der Waals surface area contributed by atoms with Crippen molar-refractivity contribution >= 4 is 11.6 Å². The molecule has 20 heavy (non-hydrogen) atoms. The third-order valence-electron chi connectivity index (χ3n) is 3.46. The van der Waals surface area contributed by atoms with Gasteiger partial charge in [-0.1, -0.05) is 27.7 Å². The molecule has 0 spiro atoms. The van der Waals surface area contributed by atoms with Crippen molar-refractivity contribution in [2.75, 3.05) is 17.3 Å². The fraction of sp³-hybridized carbons (Fsp3) is 0.714. The maximum atomic E-state index is 9.23. The van der Waals surface area contributed by atoms with Gasteiger partial charge in [0.1, 0.15) is 17.5 Å². The van der Waals surface area contributed by atoms with Crippen molar-refractivity contribution < 1.29 is 5.11 Å². The number of anilines is 2. The third kappa shape index (κ3) is 3.80. The van der Waals surface area contributed by atoms with E-state index in [0.717, 1.165) is 17.2 Å². The number of nitrogens with two attached hydrogens (primary N) is 1. The van der Waals surface area contributed by atoms with E-state index in [2.05, 4.69) is 41.5 Å². The lowest BCUT2D eigenvalue weighted by atomic mass is 9.95. The van der Waals surface area contributed by atoms with Crippen molar-refractivity contribution in [2.45, 2.75) is 53.0 Å². The SMILES string of the molecule is Cc1c(NN)nc(C(C)(C)C)nc1NC(C)C(C)CO. The zero-order valence-corrected chi connectivity index (χ0v) is 13.3. The summed E-state index contributed by atoms with van der Waals surface area (Å²) in [6.07, 6.45) is 0. The Morgan fingerprint density at radius 3 is 2.20 bits per heavy atom. The molecule has 6 heteroatoms. The van der Waals surface area contributed by atoms with E-state index in [1.807, 2.05) is 20.8 Å². The van der Waals surface area contributed by atoms with E-state index in [-0.39, 0.29) is 24.0 Å². The molecule has 0 amide bonds. The first-order valence-corrected chi connectivity index (χ1v) is 6.93. The van der Waals surface area contributed by atoms with Crippen molar-refractivity contribution in [1.82, 2.24) is 9.97 Å². The molecule has 0 aliphatic carbocycles. The number of nitrogens with zero attached hydrogens (tertiary/aromatic N) is 2. The molecule has 2 unspecified atom stereocenters. The first kappa shape index (κ1) is 16.7. The Hall–Kier alpha value is -1.40. The summed E-state index contributed by atoms with van der Waals surface area (Å²) in [4.78, 5) is 9.07. The van der Waals surface area contributed by atoms with Gasteiger partial charge in [0, 0.05) is 23.6 Å². The zero-order valence-electron chi connectivity index (χ0n) is 13.3. The van der Waals surface area contributed by atoms with E-state index in [1.54, 1.807) is 0 Å². The Morgan fingerprint density at radius 1 is 1.20 bits per heavy atom. The highest BCUT2D eigenvalue weighted by Gasteiger charge is 2.22. The molecule has 0 radical (unpaired) electrons. The maximum Gasteiger partial charge on any atom is 0.148 e. The molecule has 6 nitrogen and oxygen atoms in total. The Morgan fingerprint density at radius 2 is 1.75 bits per heavy atom. The standard InChI is InChI=1S/C14H27N5O/c1-8(7-20)10(3)16-11-9(2)12(19-15)18-13(17-11)14(4,5)6/h8,10,20H,7,15H2,1-6H3,(H2,16,17,18,19). The fourth-order valence-corrected chi connectivity index (χ4v) is 1.65. The molecule has 2 atom stereocenters. The van der Waals surface area contributed by atoms with Crippen molar-refractivity contribution in [3.63, 3.8) is 0 Å². The molecule has 0 aliphatic rings. The molecule has 1 aromatic rings. The smallest absolute Gasteiger partial charge is 0.148 e. The van der Waals surface area contributed by atoms with Crippen LogP contribution in [0.25, 0.3) is 0 Å². The van der Waals surface area contributed by atoms with Crippen LogP contribution in [-0.4, -0.2) is 27.7 Å². The topological polar surface area (TPSA) is 96.1 Å². The predicted octanol–water partition coefficient (Wildman–Crippen LogP) is 1.80. The van der Waals surface area contributed by atoms with Crippen LogP contribution in [-0.2, 0) is 5.41 Å². The number of nitrogen functional groups attached to an aromatic ring is 1. The van der Waals surface area contributed by atoms with Gasteiger partial charge in [-0.15, -0.1) is 0 Å². The molecule has 0 bridgehead atoms. The van der Waals surface area contributed by atoms with Crippen LogP contribution in [0, 0.1) is 12.8 Å². The summed E-state index contributed by atoms with van der Waals surface area (Å²) in [5.74, 6) is 7.78. The lowest BCUT2D eigenvalue weighted by Gasteiger charge is -2.24. The predicted molar refractivity (Wildman–Crippen MR) is 82.6 cm³/mol. The summed E-state index contributed by atoms with van der Waals surface area (Å²) in [7, 11) is 0. The van der Waals surface area contributed by atoms with Gasteiger partial charge in [0.2, 0.25) is 0 Å². The minimum absolute atomic E-state index is 0.104. The molecule has 1 aromatic heterocycles. The van der Waals surface area contributed by atoms with E-state index in [9.17, 15) is 5.11 Å². The molecule has 0 aliphatic heterocycles. The van der Waals surface area contributed by atoms with E-state index < -0.39 is 0 Å². The van der Waals surface area contributed by atoms with E-state index in [4.69, 9.17) is 5.84 Å². The molecule has 1 rings (SSSR count).